The highest BCUT2D eigenvalue weighted by molar-refractivity contribution is 5.94. The normalized spacial score (nSPS) is 11.0. The molecular formula is C35H36N2O2. The molecule has 0 aliphatic rings. The molecule has 0 unspecified atom stereocenters. The molecule has 1 aromatic heterocycles. The summed E-state index contributed by atoms with van der Waals surface area (Å²) in [7, 11) is 0. The van der Waals surface area contributed by atoms with Gasteiger partial charge in [0.2, 0.25) is 0 Å². The van der Waals surface area contributed by atoms with Gasteiger partial charge in [-0.15, -0.1) is 0 Å². The summed E-state index contributed by atoms with van der Waals surface area (Å²) in [5.41, 5.74) is 6.58. The van der Waals surface area contributed by atoms with Crippen LogP contribution in [0.25, 0.3) is 10.9 Å². The van der Waals surface area contributed by atoms with Gasteiger partial charge in [-0.05, 0) is 71.8 Å². The van der Waals surface area contributed by atoms with Crippen molar-refractivity contribution >= 4 is 16.8 Å². The van der Waals surface area contributed by atoms with Gasteiger partial charge in [0.15, 0.2) is 0 Å². The number of nitrogens with zero attached hydrogens (tertiary/aromatic N) is 1. The van der Waals surface area contributed by atoms with Crippen LogP contribution >= 0.6 is 0 Å². The van der Waals surface area contributed by atoms with Gasteiger partial charge in [0, 0.05) is 35.8 Å². The highest BCUT2D eigenvalue weighted by Crippen LogP contribution is 2.21. The Morgan fingerprint density at radius 3 is 2.26 bits per heavy atom. The molecule has 0 aliphatic heterocycles. The molecule has 0 fully saturated rings. The summed E-state index contributed by atoms with van der Waals surface area (Å²) >= 11 is 0. The van der Waals surface area contributed by atoms with E-state index in [1.165, 1.54) is 22.9 Å². The van der Waals surface area contributed by atoms with Gasteiger partial charge in [-0.1, -0.05) is 86.1 Å². The van der Waals surface area contributed by atoms with E-state index >= 15 is 0 Å². The maximum absolute atomic E-state index is 13.7. The van der Waals surface area contributed by atoms with E-state index in [0.717, 1.165) is 47.2 Å². The van der Waals surface area contributed by atoms with Gasteiger partial charge >= 0.3 is 0 Å². The van der Waals surface area contributed by atoms with Crippen LogP contribution < -0.4 is 4.74 Å². The summed E-state index contributed by atoms with van der Waals surface area (Å²) in [6.45, 7) is 3.90. The van der Waals surface area contributed by atoms with E-state index in [9.17, 15) is 4.79 Å². The number of unbranched alkanes of at least 4 members (excludes halogenated alkanes) is 1. The van der Waals surface area contributed by atoms with Gasteiger partial charge in [0.25, 0.3) is 5.91 Å². The van der Waals surface area contributed by atoms with Gasteiger partial charge in [-0.2, -0.15) is 0 Å². The summed E-state index contributed by atoms with van der Waals surface area (Å²) in [5, 5.41) is 1.21. The third-order valence-corrected chi connectivity index (χ3v) is 7.18. The van der Waals surface area contributed by atoms with Gasteiger partial charge < -0.3 is 14.6 Å². The molecule has 4 heteroatoms. The minimum Gasteiger partial charge on any atom is -0.489 e. The third-order valence-electron chi connectivity index (χ3n) is 7.18. The summed E-state index contributed by atoms with van der Waals surface area (Å²) in [6.07, 6.45) is 6.22. The van der Waals surface area contributed by atoms with Crippen molar-refractivity contribution in [2.45, 2.75) is 45.8 Å². The van der Waals surface area contributed by atoms with Crippen molar-refractivity contribution in [3.8, 4) is 5.75 Å². The minimum absolute atomic E-state index is 0.0567. The highest BCUT2D eigenvalue weighted by Gasteiger charge is 2.17. The number of aromatic amines is 1. The number of carbonyl (C=O) groups excluding carboxylic acids is 1. The summed E-state index contributed by atoms with van der Waals surface area (Å²) in [4.78, 5) is 19.0. The number of H-pyrrole nitrogens is 1. The Hall–Kier alpha value is -4.31. The Morgan fingerprint density at radius 2 is 1.49 bits per heavy atom. The van der Waals surface area contributed by atoms with Crippen LogP contribution in [0.3, 0.4) is 0 Å². The molecule has 1 amide bonds. The molecule has 39 heavy (non-hydrogen) atoms. The number of nitrogens with one attached hydrogen (secondary N) is 1. The molecule has 5 aromatic rings. The lowest BCUT2D eigenvalue weighted by atomic mass is 10.0. The van der Waals surface area contributed by atoms with Crippen LogP contribution in [0.1, 0.15) is 52.4 Å². The van der Waals surface area contributed by atoms with Crippen molar-refractivity contribution in [1.82, 2.24) is 9.88 Å². The number of aryl methyl sites for hydroxylation is 1. The number of hydrogen-bond donors (Lipinski definition) is 1. The molecular weight excluding hydrogens is 480 g/mol. The molecule has 1 N–H and O–H groups in total. The van der Waals surface area contributed by atoms with Gasteiger partial charge in [0.1, 0.15) is 12.4 Å². The van der Waals surface area contributed by atoms with Crippen LogP contribution in [0.5, 0.6) is 5.75 Å². The van der Waals surface area contributed by atoms with Crippen molar-refractivity contribution in [3.05, 3.63) is 137 Å². The fourth-order valence-electron chi connectivity index (χ4n) is 4.88. The first-order chi connectivity index (χ1) is 19.2. The number of amides is 1. The average molecular weight is 517 g/mol. The van der Waals surface area contributed by atoms with Crippen molar-refractivity contribution < 1.29 is 9.53 Å². The molecule has 0 saturated carbocycles. The smallest absolute Gasteiger partial charge is 0.254 e. The number of carbonyl (C=O) groups is 1. The van der Waals surface area contributed by atoms with E-state index in [1.54, 1.807) is 0 Å². The number of fused-ring (bicyclic) bond motifs is 1. The van der Waals surface area contributed by atoms with Gasteiger partial charge in [-0.25, -0.2) is 0 Å². The average Bonchev–Trinajstić information content (AvgIpc) is 3.41. The van der Waals surface area contributed by atoms with E-state index in [2.05, 4.69) is 72.7 Å². The lowest BCUT2D eigenvalue weighted by Gasteiger charge is -2.23. The van der Waals surface area contributed by atoms with E-state index in [0.29, 0.717) is 19.7 Å². The van der Waals surface area contributed by atoms with E-state index in [-0.39, 0.29) is 5.91 Å². The summed E-state index contributed by atoms with van der Waals surface area (Å²) in [5.74, 6) is 0.878. The monoisotopic (exact) mass is 516 g/mol. The van der Waals surface area contributed by atoms with Crippen LogP contribution in [0.4, 0.5) is 0 Å². The Bertz CT molecular complexity index is 1470. The maximum Gasteiger partial charge on any atom is 0.254 e. The molecule has 0 saturated heterocycles. The summed E-state index contributed by atoms with van der Waals surface area (Å²) < 4.78 is 5.96. The number of ether oxygens (including phenoxy) is 1. The third kappa shape index (κ3) is 6.97. The Labute approximate surface area is 231 Å². The van der Waals surface area contributed by atoms with Gasteiger partial charge in [0.05, 0.1) is 0 Å². The van der Waals surface area contributed by atoms with E-state index in [4.69, 9.17) is 4.74 Å². The fourth-order valence-corrected chi connectivity index (χ4v) is 4.88. The first kappa shape index (κ1) is 26.3. The largest absolute Gasteiger partial charge is 0.489 e. The van der Waals surface area contributed by atoms with Crippen LogP contribution in [-0.4, -0.2) is 22.3 Å². The minimum atomic E-state index is 0.0567. The van der Waals surface area contributed by atoms with Crippen LogP contribution in [0, 0.1) is 0 Å². The highest BCUT2D eigenvalue weighted by atomic mass is 16.5. The Kier molecular flexibility index (Phi) is 8.75. The zero-order valence-corrected chi connectivity index (χ0v) is 22.6. The topological polar surface area (TPSA) is 45.3 Å². The first-order valence-electron chi connectivity index (χ1n) is 13.9. The van der Waals surface area contributed by atoms with E-state index in [1.807, 2.05) is 53.4 Å². The predicted molar refractivity (Wildman–Crippen MR) is 159 cm³/mol. The predicted octanol–water partition coefficient (Wildman–Crippen LogP) is 7.97. The second-order valence-corrected chi connectivity index (χ2v) is 10.1. The first-order valence-corrected chi connectivity index (χ1v) is 13.9. The standard InChI is InChI=1S/C35H36N2O2/c1-2-3-9-27-14-18-30(19-15-27)35(38)37(23-22-31-24-36-34-13-8-7-12-33(31)34)25-28-16-20-32(21-17-28)39-26-29-10-5-4-6-11-29/h4-8,10-21,24,36H,2-3,9,22-23,25-26H2,1H3. The van der Waals surface area contributed by atoms with Crippen molar-refractivity contribution in [2.24, 2.45) is 0 Å². The number of rotatable bonds is 12. The van der Waals surface area contributed by atoms with Crippen molar-refractivity contribution in [1.29, 1.82) is 0 Å². The zero-order chi connectivity index (χ0) is 26.9. The fraction of sp³-hybridized carbons (Fsp3) is 0.229. The Morgan fingerprint density at radius 1 is 0.769 bits per heavy atom. The molecule has 198 valence electrons. The van der Waals surface area contributed by atoms with Crippen LogP contribution in [0.2, 0.25) is 0 Å². The summed E-state index contributed by atoms with van der Waals surface area (Å²) in [6, 6.07) is 34.7. The van der Waals surface area contributed by atoms with Crippen LogP contribution in [0.15, 0.2) is 109 Å². The lowest BCUT2D eigenvalue weighted by Crippen LogP contribution is -2.32. The maximum atomic E-state index is 13.7. The number of hydrogen-bond acceptors (Lipinski definition) is 2. The quantitative estimate of drug-likeness (QED) is 0.183. The molecule has 0 aliphatic carbocycles. The molecule has 4 aromatic carbocycles. The molecule has 1 heterocycles. The molecule has 0 bridgehead atoms. The zero-order valence-electron chi connectivity index (χ0n) is 22.6. The van der Waals surface area contributed by atoms with Crippen LogP contribution in [-0.2, 0) is 26.0 Å². The molecule has 5 rings (SSSR count). The van der Waals surface area contributed by atoms with Crippen molar-refractivity contribution in [3.63, 3.8) is 0 Å². The second-order valence-electron chi connectivity index (χ2n) is 10.1. The number of benzene rings is 4. The molecule has 0 radical (unpaired) electrons. The van der Waals surface area contributed by atoms with E-state index < -0.39 is 0 Å². The number of aromatic nitrogens is 1. The van der Waals surface area contributed by atoms with Gasteiger partial charge in [-0.3, -0.25) is 4.79 Å². The number of para-hydroxylation sites is 1. The van der Waals surface area contributed by atoms with Crippen molar-refractivity contribution in [2.75, 3.05) is 6.54 Å². The SMILES string of the molecule is CCCCc1ccc(C(=O)N(CCc2c[nH]c3ccccc23)Cc2ccc(OCc3ccccc3)cc2)cc1. The molecule has 0 spiro atoms. The Balaban J connectivity index is 1.30. The lowest BCUT2D eigenvalue weighted by molar-refractivity contribution is 0.0745. The second kappa shape index (κ2) is 13.0. The molecule has 4 nitrogen and oxygen atoms in total. The molecule has 0 atom stereocenters.